The highest BCUT2D eigenvalue weighted by Gasteiger charge is 1.98. The molecule has 0 aliphatic heterocycles. The summed E-state index contributed by atoms with van der Waals surface area (Å²) in [5, 5.41) is 12.8. The lowest BCUT2D eigenvalue weighted by Gasteiger charge is -2.07. The van der Waals surface area contributed by atoms with Crippen LogP contribution in [0.4, 0.5) is 5.69 Å². The Kier molecular flexibility index (Phi) is 4.74. The smallest absolute Gasteiger partial charge is 0.186 e. The predicted molar refractivity (Wildman–Crippen MR) is 61.1 cm³/mol. The van der Waals surface area contributed by atoms with E-state index in [0.29, 0.717) is 5.49 Å². The Morgan fingerprint density at radius 2 is 2.20 bits per heavy atom. The number of nitrogens with one attached hydrogen (secondary N) is 1. The summed E-state index contributed by atoms with van der Waals surface area (Å²) in [7, 11) is 0. The van der Waals surface area contributed by atoms with Gasteiger partial charge in [0.1, 0.15) is 0 Å². The van der Waals surface area contributed by atoms with Crippen molar-refractivity contribution in [2.24, 2.45) is 4.99 Å². The molecular weight excluding hydrogens is 190 g/mol. The Bertz CT molecular complexity index is 357. The van der Waals surface area contributed by atoms with E-state index in [-0.39, 0.29) is 0 Å². The highest BCUT2D eigenvalue weighted by molar-refractivity contribution is 5.39. The monoisotopic (exact) mass is 209 g/mol. The van der Waals surface area contributed by atoms with Gasteiger partial charge in [-0.15, -0.1) is 0 Å². The molecule has 0 unspecified atom stereocenters. The van der Waals surface area contributed by atoms with Gasteiger partial charge in [0.25, 0.3) is 0 Å². The fourth-order valence-corrected chi connectivity index (χ4v) is 1.26. The van der Waals surface area contributed by atoms with E-state index in [9.17, 15) is 5.21 Å². The fourth-order valence-electron chi connectivity index (χ4n) is 1.26. The van der Waals surface area contributed by atoms with E-state index in [4.69, 9.17) is 0 Å². The summed E-state index contributed by atoms with van der Waals surface area (Å²) in [6.45, 7) is 5.78. The minimum atomic E-state index is 0.604. The van der Waals surface area contributed by atoms with Crippen LogP contribution in [-0.2, 0) is 0 Å². The second-order valence-corrected chi connectivity index (χ2v) is 3.40. The summed E-state index contributed by atoms with van der Waals surface area (Å²) in [5.41, 5.74) is 1.49. The molecule has 0 bridgehead atoms. The van der Waals surface area contributed by atoms with Crippen molar-refractivity contribution in [2.75, 3.05) is 18.4 Å². The Morgan fingerprint density at radius 3 is 2.87 bits per heavy atom. The molecule has 15 heavy (non-hydrogen) atoms. The fraction of sp³-hybridized carbons (Fsp3) is 0.545. The van der Waals surface area contributed by atoms with Crippen LogP contribution in [0.1, 0.15) is 26.7 Å². The zero-order chi connectivity index (χ0) is 11.1. The highest BCUT2D eigenvalue weighted by Crippen LogP contribution is 1.98. The van der Waals surface area contributed by atoms with Gasteiger partial charge in [0.15, 0.2) is 5.49 Å². The maximum Gasteiger partial charge on any atom is 0.186 e. The van der Waals surface area contributed by atoms with Gasteiger partial charge in [0.2, 0.25) is 0 Å². The number of hydrogen-bond acceptors (Lipinski definition) is 3. The van der Waals surface area contributed by atoms with Crippen LogP contribution in [-0.4, -0.2) is 23.0 Å². The normalized spacial score (nSPS) is 11.7. The standard InChI is InChI=1S/C11H19N3O/c1-3-7-12-10-6-5-9-14(15)11(10)13-8-4-2/h5-6,9,12,15H,3-4,7-8H2,1-2H3. The van der Waals surface area contributed by atoms with Gasteiger partial charge in [-0.1, -0.05) is 13.8 Å². The molecule has 0 aliphatic carbocycles. The number of aromatic nitrogens is 1. The van der Waals surface area contributed by atoms with Crippen molar-refractivity contribution < 1.29 is 5.21 Å². The zero-order valence-electron chi connectivity index (χ0n) is 9.40. The summed E-state index contributed by atoms with van der Waals surface area (Å²) < 4.78 is 1.06. The molecule has 0 amide bonds. The number of anilines is 1. The van der Waals surface area contributed by atoms with E-state index in [2.05, 4.69) is 24.2 Å². The number of pyridine rings is 1. The molecule has 0 atom stereocenters. The molecule has 2 N–H and O–H groups in total. The first-order valence-corrected chi connectivity index (χ1v) is 5.44. The molecule has 0 radical (unpaired) electrons. The molecule has 84 valence electrons. The van der Waals surface area contributed by atoms with Crippen LogP contribution in [0.3, 0.4) is 0 Å². The van der Waals surface area contributed by atoms with E-state index in [1.54, 1.807) is 12.3 Å². The van der Waals surface area contributed by atoms with Crippen molar-refractivity contribution in [2.45, 2.75) is 26.7 Å². The molecule has 0 aliphatic rings. The molecule has 4 nitrogen and oxygen atoms in total. The van der Waals surface area contributed by atoms with Crippen LogP contribution in [0.2, 0.25) is 0 Å². The van der Waals surface area contributed by atoms with Crippen LogP contribution in [0.15, 0.2) is 23.3 Å². The van der Waals surface area contributed by atoms with Gasteiger partial charge in [-0.2, -0.15) is 4.73 Å². The molecule has 4 heteroatoms. The van der Waals surface area contributed by atoms with Crippen molar-refractivity contribution in [1.29, 1.82) is 0 Å². The molecule has 1 aromatic rings. The van der Waals surface area contributed by atoms with E-state index in [1.165, 1.54) is 0 Å². The molecule has 0 fully saturated rings. The van der Waals surface area contributed by atoms with Gasteiger partial charge in [0, 0.05) is 19.3 Å². The number of rotatable bonds is 5. The lowest BCUT2D eigenvalue weighted by Crippen LogP contribution is -2.23. The molecule has 1 heterocycles. The Balaban J connectivity index is 2.97. The van der Waals surface area contributed by atoms with Crippen LogP contribution in [0.25, 0.3) is 0 Å². The van der Waals surface area contributed by atoms with Gasteiger partial charge < -0.3 is 10.5 Å². The second kappa shape index (κ2) is 6.11. The summed E-state index contributed by atoms with van der Waals surface area (Å²) in [6, 6.07) is 3.72. The lowest BCUT2D eigenvalue weighted by molar-refractivity contribution is 0.172. The van der Waals surface area contributed by atoms with Gasteiger partial charge in [0.05, 0.1) is 5.69 Å². The third kappa shape index (κ3) is 3.31. The maximum atomic E-state index is 9.60. The largest absolute Gasteiger partial charge is 0.427 e. The Morgan fingerprint density at radius 1 is 1.40 bits per heavy atom. The van der Waals surface area contributed by atoms with Crippen LogP contribution in [0.5, 0.6) is 0 Å². The topological polar surface area (TPSA) is 49.5 Å². The Hall–Kier alpha value is -1.45. The van der Waals surface area contributed by atoms with Crippen molar-refractivity contribution in [3.8, 4) is 0 Å². The van der Waals surface area contributed by atoms with Crippen molar-refractivity contribution in [1.82, 2.24) is 4.73 Å². The summed E-state index contributed by atoms with van der Waals surface area (Å²) in [4.78, 5) is 4.33. The predicted octanol–water partition coefficient (Wildman–Crippen LogP) is 1.86. The van der Waals surface area contributed by atoms with E-state index in [0.717, 1.165) is 36.3 Å². The quantitative estimate of drug-likeness (QED) is 0.727. The number of hydrogen-bond donors (Lipinski definition) is 2. The van der Waals surface area contributed by atoms with E-state index in [1.807, 2.05) is 6.07 Å². The van der Waals surface area contributed by atoms with Gasteiger partial charge >= 0.3 is 0 Å². The summed E-state index contributed by atoms with van der Waals surface area (Å²) >= 11 is 0. The third-order valence-electron chi connectivity index (χ3n) is 2.00. The average Bonchev–Trinajstić information content (AvgIpc) is 2.25. The molecule has 0 saturated heterocycles. The molecule has 1 rings (SSSR count). The van der Waals surface area contributed by atoms with E-state index >= 15 is 0 Å². The molecule has 1 aromatic heterocycles. The van der Waals surface area contributed by atoms with Crippen LogP contribution >= 0.6 is 0 Å². The minimum absolute atomic E-state index is 0.604. The van der Waals surface area contributed by atoms with Crippen molar-refractivity contribution in [3.05, 3.63) is 23.8 Å². The van der Waals surface area contributed by atoms with Crippen molar-refractivity contribution in [3.63, 3.8) is 0 Å². The van der Waals surface area contributed by atoms with Crippen LogP contribution in [0, 0.1) is 0 Å². The first kappa shape index (κ1) is 11.6. The summed E-state index contributed by atoms with van der Waals surface area (Å²) in [5.74, 6) is 0. The maximum absolute atomic E-state index is 9.60. The summed E-state index contributed by atoms with van der Waals surface area (Å²) in [6.07, 6.45) is 3.61. The molecule has 0 spiro atoms. The van der Waals surface area contributed by atoms with Gasteiger partial charge in [-0.05, 0) is 25.0 Å². The first-order valence-electron chi connectivity index (χ1n) is 5.44. The molecule has 0 aromatic carbocycles. The zero-order valence-corrected chi connectivity index (χ0v) is 9.40. The highest BCUT2D eigenvalue weighted by atomic mass is 16.5. The van der Waals surface area contributed by atoms with Gasteiger partial charge in [-0.25, -0.2) is 0 Å². The average molecular weight is 209 g/mol. The number of nitrogens with zero attached hydrogens (tertiary/aromatic N) is 2. The SMILES string of the molecule is CCCN=c1c(NCCC)cccn1O. The molecular formula is C11H19N3O. The first-order chi connectivity index (χ1) is 7.29. The minimum Gasteiger partial charge on any atom is -0.427 e. The van der Waals surface area contributed by atoms with Crippen molar-refractivity contribution >= 4 is 5.69 Å². The Labute approximate surface area is 90.2 Å². The lowest BCUT2D eigenvalue weighted by atomic mass is 10.3. The van der Waals surface area contributed by atoms with Crippen LogP contribution < -0.4 is 10.8 Å². The third-order valence-corrected chi connectivity index (χ3v) is 2.00. The van der Waals surface area contributed by atoms with Gasteiger partial charge in [-0.3, -0.25) is 4.99 Å². The second-order valence-electron chi connectivity index (χ2n) is 3.40. The molecule has 0 saturated carbocycles. The van der Waals surface area contributed by atoms with E-state index < -0.39 is 0 Å².